The summed E-state index contributed by atoms with van der Waals surface area (Å²) < 4.78 is 0. The molecule has 0 radical (unpaired) electrons. The first-order valence-corrected chi connectivity index (χ1v) is 5.57. The molecule has 0 saturated carbocycles. The minimum absolute atomic E-state index is 0.183. The molecule has 0 heterocycles. The molecule has 0 bridgehead atoms. The predicted octanol–water partition coefficient (Wildman–Crippen LogP) is 2.89. The van der Waals surface area contributed by atoms with Gasteiger partial charge in [0.1, 0.15) is 0 Å². The number of fused-ring (bicyclic) bond motifs is 1. The molecule has 1 unspecified atom stereocenters. The average Bonchev–Trinajstić information content (AvgIpc) is 2.18. The highest BCUT2D eigenvalue weighted by Crippen LogP contribution is 2.29. The second-order valence-corrected chi connectivity index (χ2v) is 4.42. The summed E-state index contributed by atoms with van der Waals surface area (Å²) >= 11 is 0. The largest absolute Gasteiger partial charge is 0.324 e. The molecular weight excluding hydrogens is 170 g/mol. The average molecular weight is 189 g/mol. The molecule has 0 fully saturated rings. The summed E-state index contributed by atoms with van der Waals surface area (Å²) in [4.78, 5) is 0. The van der Waals surface area contributed by atoms with Gasteiger partial charge in [0, 0.05) is 6.04 Å². The Hall–Kier alpha value is -0.820. The lowest BCUT2D eigenvalue weighted by Crippen LogP contribution is -2.14. The third-order valence-electron chi connectivity index (χ3n) is 3.30. The molecule has 0 saturated heterocycles. The van der Waals surface area contributed by atoms with Gasteiger partial charge in [0.05, 0.1) is 0 Å². The molecule has 1 nitrogen and oxygen atoms in total. The lowest BCUT2D eigenvalue weighted by Gasteiger charge is -2.23. The van der Waals surface area contributed by atoms with E-state index < -0.39 is 0 Å². The monoisotopic (exact) mass is 189 g/mol. The molecule has 0 aromatic heterocycles. The Kier molecular flexibility index (Phi) is 2.60. The Morgan fingerprint density at radius 1 is 1.14 bits per heavy atom. The first-order valence-electron chi connectivity index (χ1n) is 5.57. The Morgan fingerprint density at radius 3 is 2.43 bits per heavy atom. The van der Waals surface area contributed by atoms with Crippen LogP contribution in [0.1, 0.15) is 48.1 Å². The molecule has 1 aliphatic carbocycles. The van der Waals surface area contributed by atoms with Crippen molar-refractivity contribution < 1.29 is 0 Å². The van der Waals surface area contributed by atoms with Gasteiger partial charge in [-0.2, -0.15) is 0 Å². The van der Waals surface area contributed by atoms with Gasteiger partial charge in [0.25, 0.3) is 0 Å². The van der Waals surface area contributed by atoms with Crippen LogP contribution in [-0.4, -0.2) is 0 Å². The van der Waals surface area contributed by atoms with Crippen molar-refractivity contribution in [3.63, 3.8) is 0 Å². The second-order valence-electron chi connectivity index (χ2n) is 4.42. The fraction of sp³-hybridized carbons (Fsp3) is 0.538. The Morgan fingerprint density at radius 2 is 1.79 bits per heavy atom. The smallest absolute Gasteiger partial charge is 0.0268 e. The summed E-state index contributed by atoms with van der Waals surface area (Å²) in [5.74, 6) is 0. The second kappa shape index (κ2) is 3.74. The van der Waals surface area contributed by atoms with E-state index in [2.05, 4.69) is 26.0 Å². The zero-order chi connectivity index (χ0) is 10.1. The summed E-state index contributed by atoms with van der Waals surface area (Å²) in [5.41, 5.74) is 11.9. The lowest BCUT2D eigenvalue weighted by atomic mass is 9.84. The fourth-order valence-corrected chi connectivity index (χ4v) is 2.50. The number of hydrogen-bond donors (Lipinski definition) is 1. The van der Waals surface area contributed by atoms with Gasteiger partial charge in [-0.1, -0.05) is 12.1 Å². The van der Waals surface area contributed by atoms with E-state index in [4.69, 9.17) is 5.73 Å². The van der Waals surface area contributed by atoms with Crippen LogP contribution in [0, 0.1) is 6.92 Å². The molecule has 14 heavy (non-hydrogen) atoms. The van der Waals surface area contributed by atoms with Crippen molar-refractivity contribution in [1.82, 2.24) is 0 Å². The minimum Gasteiger partial charge on any atom is -0.324 e. The topological polar surface area (TPSA) is 26.0 Å². The fourth-order valence-electron chi connectivity index (χ4n) is 2.50. The molecule has 0 amide bonds. The maximum absolute atomic E-state index is 5.99. The van der Waals surface area contributed by atoms with E-state index in [9.17, 15) is 0 Å². The quantitative estimate of drug-likeness (QED) is 0.722. The Balaban J connectivity index is 2.53. The van der Waals surface area contributed by atoms with Gasteiger partial charge < -0.3 is 5.73 Å². The van der Waals surface area contributed by atoms with Gasteiger partial charge >= 0.3 is 0 Å². The van der Waals surface area contributed by atoms with Gasteiger partial charge in [0.2, 0.25) is 0 Å². The normalized spacial score (nSPS) is 17.6. The number of rotatable bonds is 1. The van der Waals surface area contributed by atoms with E-state index in [1.54, 1.807) is 11.1 Å². The van der Waals surface area contributed by atoms with Crippen molar-refractivity contribution in [1.29, 1.82) is 0 Å². The van der Waals surface area contributed by atoms with E-state index in [0.29, 0.717) is 0 Å². The summed E-state index contributed by atoms with van der Waals surface area (Å²) in [6, 6.07) is 4.62. The standard InChI is InChI=1S/C13H19N/c1-9-7-8-12(10(2)14)13-6-4-3-5-11(9)13/h7-8,10H,3-6,14H2,1-2H3. The van der Waals surface area contributed by atoms with E-state index in [0.717, 1.165) is 0 Å². The highest BCUT2D eigenvalue weighted by Gasteiger charge is 2.16. The van der Waals surface area contributed by atoms with Crippen LogP contribution >= 0.6 is 0 Å². The van der Waals surface area contributed by atoms with E-state index in [1.807, 2.05) is 0 Å². The van der Waals surface area contributed by atoms with Gasteiger partial charge in [-0.25, -0.2) is 0 Å². The van der Waals surface area contributed by atoms with Crippen LogP contribution in [0.15, 0.2) is 12.1 Å². The molecule has 0 spiro atoms. The highest BCUT2D eigenvalue weighted by molar-refractivity contribution is 5.43. The van der Waals surface area contributed by atoms with Crippen LogP contribution in [0.3, 0.4) is 0 Å². The first-order chi connectivity index (χ1) is 6.70. The van der Waals surface area contributed by atoms with Crippen LogP contribution in [0.5, 0.6) is 0 Å². The molecule has 1 atom stereocenters. The van der Waals surface area contributed by atoms with Crippen LogP contribution in [-0.2, 0) is 12.8 Å². The molecule has 76 valence electrons. The molecule has 1 aromatic rings. The van der Waals surface area contributed by atoms with Crippen molar-refractivity contribution in [2.75, 3.05) is 0 Å². The van der Waals surface area contributed by atoms with Crippen LogP contribution < -0.4 is 5.73 Å². The van der Waals surface area contributed by atoms with Crippen LogP contribution in [0.2, 0.25) is 0 Å². The summed E-state index contributed by atoms with van der Waals surface area (Å²) in [6.45, 7) is 4.30. The molecular formula is C13H19N. The zero-order valence-electron chi connectivity index (χ0n) is 9.14. The Labute approximate surface area is 86.3 Å². The summed E-state index contributed by atoms with van der Waals surface area (Å²) in [6.07, 6.45) is 5.15. The van der Waals surface area contributed by atoms with Crippen LogP contribution in [0.4, 0.5) is 0 Å². The molecule has 0 aliphatic heterocycles. The summed E-state index contributed by atoms with van der Waals surface area (Å²) in [7, 11) is 0. The number of aryl methyl sites for hydroxylation is 1. The SMILES string of the molecule is Cc1ccc(C(C)N)c2c1CCCC2. The molecule has 1 aromatic carbocycles. The highest BCUT2D eigenvalue weighted by atomic mass is 14.6. The van der Waals surface area contributed by atoms with Gasteiger partial charge in [0.15, 0.2) is 0 Å². The van der Waals surface area contributed by atoms with Gasteiger partial charge in [-0.15, -0.1) is 0 Å². The lowest BCUT2D eigenvalue weighted by molar-refractivity contribution is 0.663. The molecule has 2 rings (SSSR count). The van der Waals surface area contributed by atoms with Crippen molar-refractivity contribution in [3.05, 3.63) is 34.4 Å². The van der Waals surface area contributed by atoms with Crippen molar-refractivity contribution in [2.24, 2.45) is 5.73 Å². The maximum atomic E-state index is 5.99. The first kappa shape index (κ1) is 9.72. The number of nitrogens with two attached hydrogens (primary N) is 1. The maximum Gasteiger partial charge on any atom is 0.0268 e. The van der Waals surface area contributed by atoms with Crippen molar-refractivity contribution >= 4 is 0 Å². The van der Waals surface area contributed by atoms with E-state index >= 15 is 0 Å². The van der Waals surface area contributed by atoms with Crippen molar-refractivity contribution in [3.8, 4) is 0 Å². The van der Waals surface area contributed by atoms with E-state index in [1.165, 1.54) is 36.8 Å². The molecule has 1 heteroatoms. The van der Waals surface area contributed by atoms with E-state index in [-0.39, 0.29) is 6.04 Å². The summed E-state index contributed by atoms with van der Waals surface area (Å²) in [5, 5.41) is 0. The van der Waals surface area contributed by atoms with Crippen LogP contribution in [0.25, 0.3) is 0 Å². The predicted molar refractivity (Wildman–Crippen MR) is 60.4 cm³/mol. The third-order valence-corrected chi connectivity index (χ3v) is 3.30. The number of benzene rings is 1. The molecule has 1 aliphatic rings. The third kappa shape index (κ3) is 1.57. The minimum atomic E-state index is 0.183. The van der Waals surface area contributed by atoms with Gasteiger partial charge in [-0.3, -0.25) is 0 Å². The zero-order valence-corrected chi connectivity index (χ0v) is 9.14. The number of hydrogen-bond acceptors (Lipinski definition) is 1. The van der Waals surface area contributed by atoms with Gasteiger partial charge in [-0.05, 0) is 61.8 Å². The Bertz CT molecular complexity index is 339. The molecule has 2 N–H and O–H groups in total. The van der Waals surface area contributed by atoms with Crippen molar-refractivity contribution in [2.45, 2.75) is 45.6 Å².